The minimum absolute atomic E-state index is 0.578. The summed E-state index contributed by atoms with van der Waals surface area (Å²) in [6.45, 7) is 0.578. The highest BCUT2D eigenvalue weighted by atomic mass is 35.5. The lowest BCUT2D eigenvalue weighted by Crippen LogP contribution is -2.18. The molecule has 0 aliphatic rings. The number of hydrogen-bond acceptors (Lipinski definition) is 6. The lowest BCUT2D eigenvalue weighted by atomic mass is 10.2. The third-order valence-electron chi connectivity index (χ3n) is 3.63. The molecular formula is C16H13ClN6O. The van der Waals surface area contributed by atoms with Crippen molar-refractivity contribution < 1.29 is 4.42 Å². The molecule has 4 rings (SSSR count). The van der Waals surface area contributed by atoms with Crippen LogP contribution in [0.2, 0.25) is 5.02 Å². The number of aromatic nitrogens is 5. The lowest BCUT2D eigenvalue weighted by Gasteiger charge is -2.15. The molecule has 0 N–H and O–H groups in total. The molecule has 8 heteroatoms. The molecule has 0 aliphatic heterocycles. The van der Waals surface area contributed by atoms with Gasteiger partial charge in [0.1, 0.15) is 11.5 Å². The maximum absolute atomic E-state index is 5.91. The Morgan fingerprint density at radius 2 is 1.92 bits per heavy atom. The number of rotatable bonds is 4. The van der Waals surface area contributed by atoms with Gasteiger partial charge in [0.05, 0.1) is 6.54 Å². The van der Waals surface area contributed by atoms with Gasteiger partial charge in [0.25, 0.3) is 0 Å². The molecule has 1 aromatic carbocycles. The molecule has 24 heavy (non-hydrogen) atoms. The fraction of sp³-hybridized carbons (Fsp3) is 0.125. The fourth-order valence-corrected chi connectivity index (χ4v) is 2.52. The van der Waals surface area contributed by atoms with Crippen molar-refractivity contribution in [3.8, 4) is 11.3 Å². The highest BCUT2D eigenvalue weighted by Crippen LogP contribution is 2.25. The fourth-order valence-electron chi connectivity index (χ4n) is 2.39. The van der Waals surface area contributed by atoms with Crippen molar-refractivity contribution in [3.05, 3.63) is 59.3 Å². The second-order valence-electron chi connectivity index (χ2n) is 5.35. The molecule has 3 heterocycles. The third kappa shape index (κ3) is 2.81. The molecule has 120 valence electrons. The van der Waals surface area contributed by atoms with E-state index in [1.54, 1.807) is 0 Å². The van der Waals surface area contributed by atoms with E-state index < -0.39 is 0 Å². The van der Waals surface area contributed by atoms with Crippen LogP contribution in [0.4, 0.5) is 5.82 Å². The van der Waals surface area contributed by atoms with Gasteiger partial charge in [-0.15, -0.1) is 14.8 Å². The van der Waals surface area contributed by atoms with Crippen LogP contribution < -0.4 is 4.90 Å². The van der Waals surface area contributed by atoms with E-state index in [0.717, 1.165) is 22.9 Å². The molecule has 0 aliphatic carbocycles. The lowest BCUT2D eigenvalue weighted by molar-refractivity contribution is 0.518. The summed E-state index contributed by atoms with van der Waals surface area (Å²) in [5, 5.41) is 16.3. The van der Waals surface area contributed by atoms with Gasteiger partial charge < -0.3 is 9.32 Å². The van der Waals surface area contributed by atoms with Gasteiger partial charge >= 0.3 is 0 Å². The van der Waals surface area contributed by atoms with Crippen LogP contribution in [-0.4, -0.2) is 32.3 Å². The number of fused-ring (bicyclic) bond motifs is 1. The van der Waals surface area contributed by atoms with Gasteiger partial charge in [0.2, 0.25) is 0 Å². The maximum Gasteiger partial charge on any atom is 0.200 e. The number of tetrazole rings is 1. The van der Waals surface area contributed by atoms with E-state index in [-0.39, 0.29) is 0 Å². The van der Waals surface area contributed by atoms with E-state index in [1.807, 2.05) is 60.5 Å². The normalized spacial score (nSPS) is 11.1. The maximum atomic E-state index is 5.91. The highest BCUT2D eigenvalue weighted by molar-refractivity contribution is 6.30. The van der Waals surface area contributed by atoms with Crippen molar-refractivity contribution in [3.63, 3.8) is 0 Å². The Hall–Kier alpha value is -2.93. The first-order valence-electron chi connectivity index (χ1n) is 7.30. The summed E-state index contributed by atoms with van der Waals surface area (Å²) in [4.78, 5) is 1.96. The first kappa shape index (κ1) is 14.6. The monoisotopic (exact) mass is 340 g/mol. The number of nitrogens with zero attached hydrogens (tertiary/aromatic N) is 6. The molecule has 3 aromatic heterocycles. The first-order chi connectivity index (χ1) is 11.7. The molecule has 0 saturated heterocycles. The molecule has 0 unspecified atom stereocenters. The van der Waals surface area contributed by atoms with Crippen molar-refractivity contribution in [1.29, 1.82) is 0 Å². The van der Waals surface area contributed by atoms with Gasteiger partial charge in [-0.3, -0.25) is 0 Å². The molecule has 0 atom stereocenters. The van der Waals surface area contributed by atoms with Gasteiger partial charge in [0, 0.05) is 17.6 Å². The number of furan rings is 1. The Morgan fingerprint density at radius 1 is 1.08 bits per heavy atom. The van der Waals surface area contributed by atoms with Crippen molar-refractivity contribution in [1.82, 2.24) is 25.3 Å². The smallest absolute Gasteiger partial charge is 0.200 e. The van der Waals surface area contributed by atoms with E-state index >= 15 is 0 Å². The van der Waals surface area contributed by atoms with Gasteiger partial charge in [-0.25, -0.2) is 0 Å². The molecule has 0 spiro atoms. The Labute approximate surface area is 142 Å². The van der Waals surface area contributed by atoms with E-state index in [2.05, 4.69) is 20.6 Å². The Kier molecular flexibility index (Phi) is 3.62. The molecule has 4 aromatic rings. The minimum Gasteiger partial charge on any atom is -0.459 e. The summed E-state index contributed by atoms with van der Waals surface area (Å²) in [5.41, 5.74) is 1.59. The van der Waals surface area contributed by atoms with Gasteiger partial charge in [-0.05, 0) is 59.0 Å². The number of hydrogen-bond donors (Lipinski definition) is 0. The summed E-state index contributed by atoms with van der Waals surface area (Å²) in [5.74, 6) is 2.39. The predicted molar refractivity (Wildman–Crippen MR) is 89.8 cm³/mol. The topological polar surface area (TPSA) is 72.4 Å². The molecular weight excluding hydrogens is 328 g/mol. The molecule has 0 saturated carbocycles. The Morgan fingerprint density at radius 3 is 2.75 bits per heavy atom. The molecule has 0 amide bonds. The standard InChI is InChI=1S/C16H13ClN6O/c1-22(16-9-8-15-18-20-21-23(15)19-16)10-13-6-7-14(24-13)11-2-4-12(17)5-3-11/h2-9H,10H2,1H3. The number of anilines is 1. The largest absolute Gasteiger partial charge is 0.459 e. The second kappa shape index (κ2) is 5.93. The van der Waals surface area contributed by atoms with Crippen LogP contribution >= 0.6 is 11.6 Å². The summed E-state index contributed by atoms with van der Waals surface area (Å²) in [6, 6.07) is 15.1. The minimum atomic E-state index is 0.578. The number of benzene rings is 1. The van der Waals surface area contributed by atoms with Crippen LogP contribution in [0, 0.1) is 0 Å². The first-order valence-corrected chi connectivity index (χ1v) is 7.68. The van der Waals surface area contributed by atoms with E-state index in [0.29, 0.717) is 17.2 Å². The summed E-state index contributed by atoms with van der Waals surface area (Å²) >= 11 is 5.91. The van der Waals surface area contributed by atoms with Gasteiger partial charge in [-0.2, -0.15) is 0 Å². The zero-order chi connectivity index (χ0) is 16.5. The van der Waals surface area contributed by atoms with E-state index in [4.69, 9.17) is 16.0 Å². The Bertz CT molecular complexity index is 978. The molecule has 0 fully saturated rings. The average molecular weight is 341 g/mol. The molecule has 7 nitrogen and oxygen atoms in total. The number of halogens is 1. The van der Waals surface area contributed by atoms with Crippen LogP contribution in [0.25, 0.3) is 17.0 Å². The second-order valence-corrected chi connectivity index (χ2v) is 5.78. The van der Waals surface area contributed by atoms with Crippen molar-refractivity contribution in [2.75, 3.05) is 11.9 Å². The highest BCUT2D eigenvalue weighted by Gasteiger charge is 2.10. The van der Waals surface area contributed by atoms with Crippen molar-refractivity contribution >= 4 is 23.1 Å². The zero-order valence-electron chi connectivity index (χ0n) is 12.8. The zero-order valence-corrected chi connectivity index (χ0v) is 13.6. The van der Waals surface area contributed by atoms with Crippen molar-refractivity contribution in [2.45, 2.75) is 6.54 Å². The van der Waals surface area contributed by atoms with Crippen LogP contribution in [-0.2, 0) is 6.54 Å². The van der Waals surface area contributed by atoms with E-state index in [9.17, 15) is 0 Å². The van der Waals surface area contributed by atoms with Crippen LogP contribution in [0.5, 0.6) is 0 Å². The SMILES string of the molecule is CN(Cc1ccc(-c2ccc(Cl)cc2)o1)c1ccc2nnnn2n1. The summed E-state index contributed by atoms with van der Waals surface area (Å²) in [7, 11) is 1.93. The Balaban J connectivity index is 1.53. The third-order valence-corrected chi connectivity index (χ3v) is 3.88. The van der Waals surface area contributed by atoms with Crippen LogP contribution in [0.1, 0.15) is 5.76 Å². The quantitative estimate of drug-likeness (QED) is 0.568. The van der Waals surface area contributed by atoms with Crippen LogP contribution in [0.15, 0.2) is 52.9 Å². The summed E-state index contributed by atoms with van der Waals surface area (Å²) < 4.78 is 7.31. The van der Waals surface area contributed by atoms with Crippen molar-refractivity contribution in [2.24, 2.45) is 0 Å². The van der Waals surface area contributed by atoms with Gasteiger partial charge in [0.15, 0.2) is 11.5 Å². The molecule has 0 radical (unpaired) electrons. The average Bonchev–Trinajstić information content (AvgIpc) is 3.24. The summed E-state index contributed by atoms with van der Waals surface area (Å²) in [6.07, 6.45) is 0. The van der Waals surface area contributed by atoms with Gasteiger partial charge in [-0.1, -0.05) is 11.6 Å². The molecule has 0 bridgehead atoms. The van der Waals surface area contributed by atoms with E-state index in [1.165, 1.54) is 4.63 Å². The van der Waals surface area contributed by atoms with Crippen LogP contribution in [0.3, 0.4) is 0 Å². The predicted octanol–water partition coefficient (Wildman–Crippen LogP) is 3.07.